The Morgan fingerprint density at radius 1 is 1.54 bits per heavy atom. The van der Waals surface area contributed by atoms with Gasteiger partial charge in [-0.2, -0.15) is 0 Å². The summed E-state index contributed by atoms with van der Waals surface area (Å²) in [4.78, 5) is 13.6. The molecule has 0 radical (unpaired) electrons. The van der Waals surface area contributed by atoms with E-state index in [9.17, 15) is 4.79 Å². The number of hydrogen-bond donors (Lipinski definition) is 1. The topological polar surface area (TPSA) is 32.3 Å². The molecule has 0 saturated carbocycles. The smallest absolute Gasteiger partial charge is 0.317 e. The van der Waals surface area contributed by atoms with Crippen LogP contribution >= 0.6 is 0 Å². The van der Waals surface area contributed by atoms with Gasteiger partial charge in [0.05, 0.1) is 0 Å². The lowest BCUT2D eigenvalue weighted by Gasteiger charge is -2.31. The molecule has 1 heterocycles. The van der Waals surface area contributed by atoms with E-state index in [-0.39, 0.29) is 11.6 Å². The van der Waals surface area contributed by atoms with Crippen LogP contribution in [-0.2, 0) is 0 Å². The van der Waals surface area contributed by atoms with Crippen molar-refractivity contribution in [1.82, 2.24) is 10.2 Å². The van der Waals surface area contributed by atoms with E-state index < -0.39 is 0 Å². The largest absolute Gasteiger partial charge is 0.338 e. The molecule has 0 aliphatic carbocycles. The third-order valence-electron chi connectivity index (χ3n) is 2.67. The summed E-state index contributed by atoms with van der Waals surface area (Å²) in [6.45, 7) is 8.01. The van der Waals surface area contributed by atoms with Crippen molar-refractivity contribution >= 4 is 6.03 Å². The summed E-state index contributed by atoms with van der Waals surface area (Å²) >= 11 is 0. The molecule has 3 nitrogen and oxygen atoms in total. The minimum Gasteiger partial charge on any atom is -0.338 e. The number of likely N-dealkylation sites (tertiary alicyclic amines) is 1. The zero-order valence-electron chi connectivity index (χ0n) is 8.89. The van der Waals surface area contributed by atoms with Crippen molar-refractivity contribution in [3.8, 4) is 0 Å². The van der Waals surface area contributed by atoms with Gasteiger partial charge in [-0.05, 0) is 33.1 Å². The Morgan fingerprint density at radius 2 is 2.23 bits per heavy atom. The zero-order chi connectivity index (χ0) is 9.90. The van der Waals surface area contributed by atoms with E-state index >= 15 is 0 Å². The number of carbonyl (C=O) groups is 1. The first-order valence-electron chi connectivity index (χ1n) is 5.13. The van der Waals surface area contributed by atoms with Crippen LogP contribution in [0.5, 0.6) is 0 Å². The molecule has 0 aromatic heterocycles. The lowest BCUT2D eigenvalue weighted by molar-refractivity contribution is 0.165. The number of nitrogens with zero attached hydrogens (tertiary/aromatic N) is 1. The second-order valence-corrected chi connectivity index (χ2v) is 4.30. The highest BCUT2D eigenvalue weighted by Gasteiger charge is 2.34. The Bertz CT molecular complexity index is 189. The van der Waals surface area contributed by atoms with Crippen LogP contribution in [0.15, 0.2) is 0 Å². The van der Waals surface area contributed by atoms with E-state index in [0.29, 0.717) is 0 Å². The van der Waals surface area contributed by atoms with Gasteiger partial charge in [-0.1, -0.05) is 6.92 Å². The van der Waals surface area contributed by atoms with Gasteiger partial charge < -0.3 is 10.2 Å². The van der Waals surface area contributed by atoms with Gasteiger partial charge in [0.1, 0.15) is 0 Å². The van der Waals surface area contributed by atoms with E-state index in [2.05, 4.69) is 26.1 Å². The summed E-state index contributed by atoms with van der Waals surface area (Å²) in [6, 6.07) is 0.101. The predicted octanol–water partition coefficient (Wildman–Crippen LogP) is 1.98. The third-order valence-corrected chi connectivity index (χ3v) is 2.67. The second-order valence-electron chi connectivity index (χ2n) is 4.30. The van der Waals surface area contributed by atoms with E-state index in [0.717, 1.165) is 32.4 Å². The Balaban J connectivity index is 2.46. The van der Waals surface area contributed by atoms with Crippen LogP contribution in [0.1, 0.15) is 40.0 Å². The number of amides is 2. The molecule has 1 saturated heterocycles. The predicted molar refractivity (Wildman–Crippen MR) is 53.7 cm³/mol. The second kappa shape index (κ2) is 3.99. The van der Waals surface area contributed by atoms with Crippen molar-refractivity contribution in [2.24, 2.45) is 0 Å². The molecule has 13 heavy (non-hydrogen) atoms. The van der Waals surface area contributed by atoms with Gasteiger partial charge in [0.25, 0.3) is 0 Å². The average Bonchev–Trinajstić information content (AvgIpc) is 2.41. The summed E-state index contributed by atoms with van der Waals surface area (Å²) in [5.74, 6) is 0. The highest BCUT2D eigenvalue weighted by atomic mass is 16.2. The Kier molecular flexibility index (Phi) is 3.17. The van der Waals surface area contributed by atoms with E-state index in [1.807, 2.05) is 4.90 Å². The molecule has 0 bridgehead atoms. The third kappa shape index (κ3) is 2.36. The Labute approximate surface area is 80.5 Å². The standard InChI is InChI=1S/C10H20N2O/c1-4-7-11-9(13)12-8-5-6-10(12,2)3/h4-8H2,1-3H3,(H,11,13). The van der Waals surface area contributed by atoms with Gasteiger partial charge in [-0.15, -0.1) is 0 Å². The van der Waals surface area contributed by atoms with E-state index in [4.69, 9.17) is 0 Å². The molecule has 1 rings (SSSR count). The maximum Gasteiger partial charge on any atom is 0.317 e. The molecule has 76 valence electrons. The molecule has 1 N–H and O–H groups in total. The van der Waals surface area contributed by atoms with Gasteiger partial charge in [0.2, 0.25) is 0 Å². The quantitative estimate of drug-likeness (QED) is 0.699. The fourth-order valence-corrected chi connectivity index (χ4v) is 1.81. The zero-order valence-corrected chi connectivity index (χ0v) is 8.89. The van der Waals surface area contributed by atoms with Gasteiger partial charge in [0, 0.05) is 18.6 Å². The molecule has 1 fully saturated rings. The average molecular weight is 184 g/mol. The number of nitrogens with one attached hydrogen (secondary N) is 1. The van der Waals surface area contributed by atoms with Gasteiger partial charge >= 0.3 is 6.03 Å². The van der Waals surface area contributed by atoms with Crippen LogP contribution in [0, 0.1) is 0 Å². The maximum absolute atomic E-state index is 11.6. The van der Waals surface area contributed by atoms with Crippen LogP contribution in [0.4, 0.5) is 4.79 Å². The molecule has 0 aromatic rings. The molecular weight excluding hydrogens is 164 g/mol. The van der Waals surface area contributed by atoms with Crippen molar-refractivity contribution in [2.45, 2.75) is 45.6 Å². The number of urea groups is 1. The first kappa shape index (κ1) is 10.4. The molecule has 0 aromatic carbocycles. The van der Waals surface area contributed by atoms with Crippen molar-refractivity contribution in [2.75, 3.05) is 13.1 Å². The summed E-state index contributed by atoms with van der Waals surface area (Å²) in [7, 11) is 0. The van der Waals surface area contributed by atoms with E-state index in [1.54, 1.807) is 0 Å². The molecule has 3 heteroatoms. The van der Waals surface area contributed by atoms with Crippen molar-refractivity contribution in [1.29, 1.82) is 0 Å². The van der Waals surface area contributed by atoms with Crippen LogP contribution in [0.2, 0.25) is 0 Å². The molecule has 0 spiro atoms. The lowest BCUT2D eigenvalue weighted by Crippen LogP contribution is -2.48. The molecule has 0 unspecified atom stereocenters. The summed E-state index contributed by atoms with van der Waals surface area (Å²) < 4.78 is 0. The molecule has 1 aliphatic rings. The summed E-state index contributed by atoms with van der Waals surface area (Å²) in [5, 5.41) is 2.92. The monoisotopic (exact) mass is 184 g/mol. The van der Waals surface area contributed by atoms with Crippen LogP contribution < -0.4 is 5.32 Å². The number of carbonyl (C=O) groups excluding carboxylic acids is 1. The van der Waals surface area contributed by atoms with Crippen LogP contribution in [-0.4, -0.2) is 29.6 Å². The van der Waals surface area contributed by atoms with Crippen LogP contribution in [0.25, 0.3) is 0 Å². The summed E-state index contributed by atoms with van der Waals surface area (Å²) in [6.07, 6.45) is 3.25. The number of hydrogen-bond acceptors (Lipinski definition) is 1. The van der Waals surface area contributed by atoms with Crippen molar-refractivity contribution in [3.05, 3.63) is 0 Å². The van der Waals surface area contributed by atoms with Gasteiger partial charge in [0.15, 0.2) is 0 Å². The van der Waals surface area contributed by atoms with Gasteiger partial charge in [-0.25, -0.2) is 4.79 Å². The maximum atomic E-state index is 11.6. The minimum atomic E-state index is 0.0534. The lowest BCUT2D eigenvalue weighted by atomic mass is 10.0. The number of rotatable bonds is 2. The fraction of sp³-hybridized carbons (Fsp3) is 0.900. The first-order chi connectivity index (χ1) is 6.08. The summed E-state index contributed by atoms with van der Waals surface area (Å²) in [5.41, 5.74) is 0.0534. The minimum absolute atomic E-state index is 0.0534. The Hall–Kier alpha value is -0.730. The molecule has 2 amide bonds. The highest BCUT2D eigenvalue weighted by molar-refractivity contribution is 5.75. The molecular formula is C10H20N2O. The SMILES string of the molecule is CCCNC(=O)N1CCCC1(C)C. The van der Waals surface area contributed by atoms with Crippen molar-refractivity contribution < 1.29 is 4.79 Å². The normalized spacial score (nSPS) is 20.4. The van der Waals surface area contributed by atoms with Gasteiger partial charge in [-0.3, -0.25) is 0 Å². The van der Waals surface area contributed by atoms with Crippen molar-refractivity contribution in [3.63, 3.8) is 0 Å². The molecule has 1 aliphatic heterocycles. The Morgan fingerprint density at radius 3 is 2.69 bits per heavy atom. The first-order valence-corrected chi connectivity index (χ1v) is 5.13. The molecule has 0 atom stereocenters. The highest BCUT2D eigenvalue weighted by Crippen LogP contribution is 2.27. The fourth-order valence-electron chi connectivity index (χ4n) is 1.81. The van der Waals surface area contributed by atoms with Crippen LogP contribution in [0.3, 0.4) is 0 Å². The van der Waals surface area contributed by atoms with E-state index in [1.165, 1.54) is 0 Å².